The smallest absolute Gasteiger partial charge is 0.132 e. The van der Waals surface area contributed by atoms with Crippen molar-refractivity contribution in [2.45, 2.75) is 167 Å². The lowest BCUT2D eigenvalue weighted by Gasteiger charge is -2.01. The van der Waals surface area contributed by atoms with Gasteiger partial charge in [0.2, 0.25) is 0 Å². The van der Waals surface area contributed by atoms with E-state index in [0.717, 1.165) is 31.4 Å². The first-order chi connectivity index (χ1) is 18.8. The van der Waals surface area contributed by atoms with Gasteiger partial charge < -0.3 is 0 Å². The first-order valence-electron chi connectivity index (χ1n) is 16.5. The number of thiol groups is 1. The Labute approximate surface area is 244 Å². The Hall–Kier alpha value is -1.02. The van der Waals surface area contributed by atoms with E-state index in [2.05, 4.69) is 68.2 Å². The van der Waals surface area contributed by atoms with Crippen LogP contribution in [0.2, 0.25) is 0 Å². The normalized spacial score (nSPS) is 12.3. The van der Waals surface area contributed by atoms with Crippen LogP contribution in [0.25, 0.3) is 0 Å². The molecule has 0 aliphatic carbocycles. The zero-order chi connectivity index (χ0) is 27.6. The number of Topliss-reactive ketones (excluding diaryl/α,β-unsaturated/α-hetero) is 1. The predicted molar refractivity (Wildman–Crippen MR) is 177 cm³/mol. The Morgan fingerprint density at radius 1 is 0.421 bits per heavy atom. The Morgan fingerprint density at radius 3 is 1.03 bits per heavy atom. The van der Waals surface area contributed by atoms with Crippen LogP contribution in [0.4, 0.5) is 0 Å². The fraction of sp³-hybridized carbons (Fsp3) is 0.750. The van der Waals surface area contributed by atoms with E-state index in [1.54, 1.807) is 0 Å². The molecule has 0 aliphatic heterocycles. The summed E-state index contributed by atoms with van der Waals surface area (Å²) < 4.78 is 0. The quantitative estimate of drug-likeness (QED) is 0.0540. The minimum absolute atomic E-state index is 0.478. The van der Waals surface area contributed by atoms with Crippen molar-refractivity contribution in [1.29, 1.82) is 0 Å². The molecule has 0 rings (SSSR count). The van der Waals surface area contributed by atoms with Gasteiger partial charge in [-0.15, -0.1) is 0 Å². The third kappa shape index (κ3) is 33.0. The molecular formula is C36H64OS. The van der Waals surface area contributed by atoms with Crippen LogP contribution in [0.5, 0.6) is 0 Å². The molecule has 0 aromatic rings. The maximum absolute atomic E-state index is 12.1. The van der Waals surface area contributed by atoms with Gasteiger partial charge in [0.1, 0.15) is 5.78 Å². The van der Waals surface area contributed by atoms with Gasteiger partial charge in [0.05, 0.1) is 0 Å². The third-order valence-corrected chi connectivity index (χ3v) is 7.37. The maximum Gasteiger partial charge on any atom is 0.132 e. The summed E-state index contributed by atoms with van der Waals surface area (Å²) in [5.41, 5.74) is 0. The Balaban J connectivity index is 3.32. The summed E-state index contributed by atoms with van der Waals surface area (Å²) >= 11 is 4.24. The largest absolute Gasteiger partial charge is 0.300 e. The first kappa shape index (κ1) is 37.0. The highest BCUT2D eigenvalue weighted by atomic mass is 32.1. The van der Waals surface area contributed by atoms with Crippen LogP contribution in [0.15, 0.2) is 48.6 Å². The number of carbonyl (C=O) groups excluding carboxylic acids is 1. The van der Waals surface area contributed by atoms with E-state index in [1.807, 2.05) is 0 Å². The van der Waals surface area contributed by atoms with Gasteiger partial charge in [-0.2, -0.15) is 12.6 Å². The van der Waals surface area contributed by atoms with Crippen molar-refractivity contribution in [3.05, 3.63) is 48.6 Å². The fourth-order valence-corrected chi connectivity index (χ4v) is 4.75. The van der Waals surface area contributed by atoms with Gasteiger partial charge >= 0.3 is 0 Å². The number of hydrogen-bond acceptors (Lipinski definition) is 2. The molecule has 0 aliphatic rings. The summed E-state index contributed by atoms with van der Waals surface area (Å²) in [5.74, 6) is 1.49. The molecule has 38 heavy (non-hydrogen) atoms. The summed E-state index contributed by atoms with van der Waals surface area (Å²) in [6, 6.07) is 0. The Kier molecular flexibility index (Phi) is 33.1. The molecule has 0 unspecified atom stereocenters. The summed E-state index contributed by atoms with van der Waals surface area (Å²) in [4.78, 5) is 12.1. The monoisotopic (exact) mass is 544 g/mol. The summed E-state index contributed by atoms with van der Waals surface area (Å²) in [6.07, 6.45) is 48.8. The minimum Gasteiger partial charge on any atom is -0.300 e. The number of hydrogen-bond donors (Lipinski definition) is 1. The van der Waals surface area contributed by atoms with Gasteiger partial charge in [-0.05, 0) is 128 Å². The average Bonchev–Trinajstić information content (AvgIpc) is 2.92. The molecule has 1 nitrogen and oxygen atoms in total. The summed E-state index contributed by atoms with van der Waals surface area (Å²) in [6.45, 7) is 2.26. The van der Waals surface area contributed by atoms with Gasteiger partial charge in [-0.3, -0.25) is 4.79 Å². The molecule has 0 fully saturated rings. The van der Waals surface area contributed by atoms with Crippen LogP contribution < -0.4 is 0 Å². The molecule has 0 heterocycles. The molecule has 0 aromatic carbocycles. The summed E-state index contributed by atoms with van der Waals surface area (Å²) in [7, 11) is 0. The molecule has 0 bridgehead atoms. The van der Waals surface area contributed by atoms with Crippen molar-refractivity contribution >= 4 is 18.4 Å². The third-order valence-electron chi connectivity index (χ3n) is 7.06. The second-order valence-electron chi connectivity index (χ2n) is 10.9. The van der Waals surface area contributed by atoms with E-state index in [4.69, 9.17) is 0 Å². The molecule has 0 saturated carbocycles. The molecule has 0 radical (unpaired) electrons. The lowest BCUT2D eigenvalue weighted by Crippen LogP contribution is -1.97. The zero-order valence-corrected chi connectivity index (χ0v) is 26.3. The van der Waals surface area contributed by atoms with Gasteiger partial charge in [-0.1, -0.05) is 81.2 Å². The molecule has 0 saturated heterocycles. The lowest BCUT2D eigenvalue weighted by molar-refractivity contribution is -0.119. The van der Waals surface area contributed by atoms with E-state index in [0.29, 0.717) is 5.78 Å². The highest BCUT2D eigenvalue weighted by molar-refractivity contribution is 7.80. The molecular weight excluding hydrogens is 480 g/mol. The van der Waals surface area contributed by atoms with Crippen LogP contribution >= 0.6 is 12.6 Å². The van der Waals surface area contributed by atoms with Crippen molar-refractivity contribution in [3.8, 4) is 0 Å². The topological polar surface area (TPSA) is 17.1 Å². The van der Waals surface area contributed by atoms with Crippen LogP contribution in [0.1, 0.15) is 167 Å². The van der Waals surface area contributed by atoms with E-state index in [9.17, 15) is 4.79 Å². The SMILES string of the molecule is CCCCC/C=C\CCCC/C=C\CCCCCC(=O)CCCCC/C=C\CCCC/C=C\CCCCS. The second-order valence-corrected chi connectivity index (χ2v) is 11.4. The average molecular weight is 545 g/mol. The van der Waals surface area contributed by atoms with Crippen LogP contribution in [-0.2, 0) is 4.79 Å². The fourth-order valence-electron chi connectivity index (χ4n) is 4.53. The van der Waals surface area contributed by atoms with E-state index in [-0.39, 0.29) is 0 Å². The van der Waals surface area contributed by atoms with Crippen molar-refractivity contribution in [1.82, 2.24) is 0 Å². The number of rotatable bonds is 30. The zero-order valence-electron chi connectivity index (χ0n) is 25.4. The van der Waals surface area contributed by atoms with E-state index < -0.39 is 0 Å². The van der Waals surface area contributed by atoms with Crippen LogP contribution in [0, 0.1) is 0 Å². The number of ketones is 1. The molecule has 2 heteroatoms. The molecule has 0 atom stereocenters. The molecule has 0 spiro atoms. The Bertz CT molecular complexity index is 536. The number of allylic oxidation sites excluding steroid dienone is 8. The maximum atomic E-state index is 12.1. The predicted octanol–water partition coefficient (Wildman–Crippen LogP) is 12.5. The van der Waals surface area contributed by atoms with Gasteiger partial charge in [-0.25, -0.2) is 0 Å². The van der Waals surface area contributed by atoms with Crippen LogP contribution in [-0.4, -0.2) is 11.5 Å². The van der Waals surface area contributed by atoms with Crippen molar-refractivity contribution < 1.29 is 4.79 Å². The highest BCUT2D eigenvalue weighted by Gasteiger charge is 2.01. The molecule has 0 N–H and O–H groups in total. The molecule has 0 aromatic heterocycles. The molecule has 0 amide bonds. The standard InChI is InChI=1S/C36H64OS/c1-2-3-4-5-6-7-8-9-10-12-15-18-21-24-27-30-33-36(37)34-31-28-25-22-19-16-13-11-14-17-20-23-26-29-32-35-38/h6-7,15-16,18-20,23,38H,2-5,8-14,17,21-22,24-35H2,1H3/b7-6-,18-15-,19-16-,23-20-. The van der Waals surface area contributed by atoms with Gasteiger partial charge in [0.25, 0.3) is 0 Å². The highest BCUT2D eigenvalue weighted by Crippen LogP contribution is 2.11. The number of unbranched alkanes of at least 4 members (excludes halogenated alkanes) is 17. The van der Waals surface area contributed by atoms with E-state index in [1.165, 1.54) is 135 Å². The van der Waals surface area contributed by atoms with E-state index >= 15 is 0 Å². The first-order valence-corrected chi connectivity index (χ1v) is 17.2. The van der Waals surface area contributed by atoms with Crippen molar-refractivity contribution in [3.63, 3.8) is 0 Å². The second kappa shape index (κ2) is 34.0. The van der Waals surface area contributed by atoms with Crippen LogP contribution in [0.3, 0.4) is 0 Å². The lowest BCUT2D eigenvalue weighted by atomic mass is 10.0. The van der Waals surface area contributed by atoms with Gasteiger partial charge in [0.15, 0.2) is 0 Å². The van der Waals surface area contributed by atoms with Crippen molar-refractivity contribution in [2.75, 3.05) is 5.75 Å². The number of carbonyl (C=O) groups is 1. The molecule has 220 valence electrons. The minimum atomic E-state index is 0.478. The van der Waals surface area contributed by atoms with Gasteiger partial charge in [0, 0.05) is 12.8 Å². The summed E-state index contributed by atoms with van der Waals surface area (Å²) in [5, 5.41) is 0. The van der Waals surface area contributed by atoms with Crippen molar-refractivity contribution in [2.24, 2.45) is 0 Å². The Morgan fingerprint density at radius 2 is 0.711 bits per heavy atom.